The number of aryl methyl sites for hydroxylation is 1. The van der Waals surface area contributed by atoms with Gasteiger partial charge < -0.3 is 5.32 Å². The van der Waals surface area contributed by atoms with Crippen molar-refractivity contribution in [3.05, 3.63) is 45.8 Å². The molecule has 0 fully saturated rings. The summed E-state index contributed by atoms with van der Waals surface area (Å²) in [6.45, 7) is 2.54. The molecule has 0 radical (unpaired) electrons. The van der Waals surface area contributed by atoms with E-state index in [-0.39, 0.29) is 5.82 Å². The Morgan fingerprint density at radius 1 is 1.32 bits per heavy atom. The summed E-state index contributed by atoms with van der Waals surface area (Å²) >= 11 is 1.59. The van der Waals surface area contributed by atoms with Crippen molar-refractivity contribution in [2.75, 3.05) is 5.32 Å². The first-order valence-electron chi connectivity index (χ1n) is 5.83. The minimum absolute atomic E-state index is 0.241. The Hall–Kier alpha value is -1.56. The van der Waals surface area contributed by atoms with Crippen LogP contribution in [-0.2, 0) is 19.1 Å². The van der Waals surface area contributed by atoms with E-state index in [1.165, 1.54) is 11.8 Å². The second-order valence-electron chi connectivity index (χ2n) is 4.00. The first-order valence-corrected chi connectivity index (χ1v) is 6.71. The Kier molecular flexibility index (Phi) is 4.09. The van der Waals surface area contributed by atoms with Crippen molar-refractivity contribution >= 4 is 17.2 Å². The summed E-state index contributed by atoms with van der Waals surface area (Å²) in [5.41, 5.74) is 0.524. The molecule has 2 heterocycles. The molecule has 0 aliphatic rings. The van der Waals surface area contributed by atoms with Gasteiger partial charge in [0.1, 0.15) is 5.82 Å². The maximum Gasteiger partial charge on any atom is 0.416 e. The largest absolute Gasteiger partial charge is 0.416 e. The second-order valence-corrected chi connectivity index (χ2v) is 5.00. The van der Waals surface area contributed by atoms with E-state index in [2.05, 4.69) is 10.3 Å². The molecule has 0 aromatic carbocycles. The maximum atomic E-state index is 12.5. The smallest absolute Gasteiger partial charge is 0.365 e. The van der Waals surface area contributed by atoms with Crippen molar-refractivity contribution in [2.24, 2.45) is 0 Å². The Balaban J connectivity index is 2.08. The number of pyridine rings is 1. The second kappa shape index (κ2) is 5.61. The van der Waals surface area contributed by atoms with Gasteiger partial charge in [-0.25, -0.2) is 4.98 Å². The minimum Gasteiger partial charge on any atom is -0.365 e. The Morgan fingerprint density at radius 3 is 2.79 bits per heavy atom. The number of rotatable bonds is 4. The van der Waals surface area contributed by atoms with Gasteiger partial charge >= 0.3 is 6.18 Å². The zero-order valence-electron chi connectivity index (χ0n) is 10.3. The highest BCUT2D eigenvalue weighted by atomic mass is 32.1. The molecule has 0 bridgehead atoms. The summed E-state index contributed by atoms with van der Waals surface area (Å²) in [7, 11) is 0. The predicted octanol–water partition coefficient (Wildman–Crippen LogP) is 4.34. The third-order valence-electron chi connectivity index (χ3n) is 2.74. The number of thiophene rings is 1. The molecule has 19 heavy (non-hydrogen) atoms. The van der Waals surface area contributed by atoms with Crippen LogP contribution in [-0.4, -0.2) is 4.98 Å². The highest BCUT2D eigenvalue weighted by Gasteiger charge is 2.30. The number of anilines is 1. The Morgan fingerprint density at radius 2 is 2.11 bits per heavy atom. The normalized spacial score (nSPS) is 11.6. The van der Waals surface area contributed by atoms with E-state index in [0.717, 1.165) is 23.4 Å². The SMILES string of the molecule is CCc1ccsc1CNc1cc(C(F)(F)F)ccn1. The Bertz CT molecular complexity index is 549. The van der Waals surface area contributed by atoms with Crippen molar-refractivity contribution in [3.8, 4) is 0 Å². The van der Waals surface area contributed by atoms with Gasteiger partial charge in [0.05, 0.1) is 12.1 Å². The van der Waals surface area contributed by atoms with Crippen LogP contribution in [0.5, 0.6) is 0 Å². The van der Waals surface area contributed by atoms with Crippen LogP contribution in [0, 0.1) is 0 Å². The van der Waals surface area contributed by atoms with Gasteiger partial charge in [-0.15, -0.1) is 11.3 Å². The third kappa shape index (κ3) is 3.47. The van der Waals surface area contributed by atoms with Crippen LogP contribution in [0.3, 0.4) is 0 Å². The molecule has 1 N–H and O–H groups in total. The van der Waals surface area contributed by atoms with Crippen molar-refractivity contribution < 1.29 is 13.2 Å². The summed E-state index contributed by atoms with van der Waals surface area (Å²) in [5, 5.41) is 4.92. The van der Waals surface area contributed by atoms with E-state index in [0.29, 0.717) is 6.54 Å². The summed E-state index contributed by atoms with van der Waals surface area (Å²) in [4.78, 5) is 5.03. The summed E-state index contributed by atoms with van der Waals surface area (Å²) in [6.07, 6.45) is -2.26. The van der Waals surface area contributed by atoms with E-state index in [1.807, 2.05) is 18.4 Å². The summed E-state index contributed by atoms with van der Waals surface area (Å²) < 4.78 is 37.6. The van der Waals surface area contributed by atoms with E-state index < -0.39 is 11.7 Å². The fourth-order valence-electron chi connectivity index (χ4n) is 1.71. The third-order valence-corrected chi connectivity index (χ3v) is 3.70. The van der Waals surface area contributed by atoms with Crippen molar-refractivity contribution in [1.82, 2.24) is 4.98 Å². The molecule has 6 heteroatoms. The monoisotopic (exact) mass is 286 g/mol. The number of hydrogen-bond donors (Lipinski definition) is 1. The number of aromatic nitrogens is 1. The molecule has 0 spiro atoms. The van der Waals surface area contributed by atoms with Crippen LogP contribution >= 0.6 is 11.3 Å². The molecule has 0 saturated carbocycles. The van der Waals surface area contributed by atoms with Gasteiger partial charge in [0, 0.05) is 11.1 Å². The minimum atomic E-state index is -4.34. The van der Waals surface area contributed by atoms with Crippen LogP contribution in [0.4, 0.5) is 19.0 Å². The first-order chi connectivity index (χ1) is 9.00. The van der Waals surface area contributed by atoms with Gasteiger partial charge in [-0.2, -0.15) is 13.2 Å². The molecule has 2 rings (SSSR count). The van der Waals surface area contributed by atoms with Crippen LogP contribution in [0.15, 0.2) is 29.8 Å². The van der Waals surface area contributed by atoms with Crippen molar-refractivity contribution in [3.63, 3.8) is 0 Å². The number of alkyl halides is 3. The molecular formula is C13H13F3N2S. The van der Waals surface area contributed by atoms with Gasteiger partial charge in [0.15, 0.2) is 0 Å². The van der Waals surface area contributed by atoms with E-state index in [1.54, 1.807) is 11.3 Å². The molecule has 0 amide bonds. The number of halogens is 3. The summed E-state index contributed by atoms with van der Waals surface area (Å²) in [5.74, 6) is 0.241. The quantitative estimate of drug-likeness (QED) is 0.904. The van der Waals surface area contributed by atoms with Crippen molar-refractivity contribution in [2.45, 2.75) is 26.1 Å². The van der Waals surface area contributed by atoms with Gasteiger partial charge in [0.25, 0.3) is 0 Å². The number of nitrogens with one attached hydrogen (secondary N) is 1. The lowest BCUT2D eigenvalue weighted by Crippen LogP contribution is -2.07. The molecular weight excluding hydrogens is 273 g/mol. The van der Waals surface area contributed by atoms with E-state index >= 15 is 0 Å². The number of nitrogens with zero attached hydrogens (tertiary/aromatic N) is 1. The lowest BCUT2D eigenvalue weighted by atomic mass is 10.2. The highest BCUT2D eigenvalue weighted by molar-refractivity contribution is 7.10. The lowest BCUT2D eigenvalue weighted by molar-refractivity contribution is -0.137. The fraction of sp³-hybridized carbons (Fsp3) is 0.308. The molecule has 0 aliphatic carbocycles. The molecule has 102 valence electrons. The molecule has 0 saturated heterocycles. The Labute approximate surface area is 113 Å². The van der Waals surface area contributed by atoms with Gasteiger partial charge in [-0.05, 0) is 35.6 Å². The first kappa shape index (κ1) is 13.9. The van der Waals surface area contributed by atoms with Gasteiger partial charge in [-0.1, -0.05) is 6.92 Å². The molecule has 2 nitrogen and oxygen atoms in total. The van der Waals surface area contributed by atoms with Gasteiger partial charge in [-0.3, -0.25) is 0 Å². The van der Waals surface area contributed by atoms with Crippen LogP contribution in [0.1, 0.15) is 22.9 Å². The topological polar surface area (TPSA) is 24.9 Å². The molecule has 0 aliphatic heterocycles. The zero-order valence-corrected chi connectivity index (χ0v) is 11.1. The fourth-order valence-corrected chi connectivity index (χ4v) is 2.63. The zero-order chi connectivity index (χ0) is 13.9. The number of hydrogen-bond acceptors (Lipinski definition) is 3. The molecule has 2 aromatic rings. The summed E-state index contributed by atoms with van der Waals surface area (Å²) in [6, 6.07) is 4.02. The lowest BCUT2D eigenvalue weighted by Gasteiger charge is -2.09. The van der Waals surface area contributed by atoms with E-state index in [9.17, 15) is 13.2 Å². The molecule has 2 aromatic heterocycles. The highest BCUT2D eigenvalue weighted by Crippen LogP contribution is 2.30. The van der Waals surface area contributed by atoms with Crippen LogP contribution in [0.25, 0.3) is 0 Å². The van der Waals surface area contributed by atoms with Gasteiger partial charge in [0.2, 0.25) is 0 Å². The molecule has 0 unspecified atom stereocenters. The predicted molar refractivity (Wildman–Crippen MR) is 70.3 cm³/mol. The average Bonchev–Trinajstić information content (AvgIpc) is 2.83. The average molecular weight is 286 g/mol. The van der Waals surface area contributed by atoms with E-state index in [4.69, 9.17) is 0 Å². The van der Waals surface area contributed by atoms with Crippen LogP contribution < -0.4 is 5.32 Å². The van der Waals surface area contributed by atoms with Crippen LogP contribution in [0.2, 0.25) is 0 Å². The standard InChI is InChI=1S/C13H13F3N2S/c1-2-9-4-6-19-11(9)8-18-12-7-10(3-5-17-12)13(14,15)16/h3-7H,2,8H2,1H3,(H,17,18). The van der Waals surface area contributed by atoms with Crippen molar-refractivity contribution in [1.29, 1.82) is 0 Å². The molecule has 0 atom stereocenters. The maximum absolute atomic E-state index is 12.5.